The van der Waals surface area contributed by atoms with Crippen LogP contribution in [0.4, 0.5) is 0 Å². The minimum absolute atomic E-state index is 0.106. The average molecular weight is 355 g/mol. The molecule has 4 aliphatic rings. The van der Waals surface area contributed by atoms with Crippen molar-refractivity contribution >= 4 is 34.8 Å². The van der Waals surface area contributed by atoms with Crippen molar-refractivity contribution < 1.29 is 9.59 Å². The molecule has 0 aliphatic heterocycles. The summed E-state index contributed by atoms with van der Waals surface area (Å²) in [4.78, 5) is 23.9. The number of carbonyl (C=O) groups excluding carboxylic acids is 2. The highest BCUT2D eigenvalue weighted by Gasteiger charge is 2.66. The van der Waals surface area contributed by atoms with Crippen LogP contribution in [0.1, 0.15) is 52.4 Å². The van der Waals surface area contributed by atoms with Gasteiger partial charge in [0.05, 0.1) is 4.87 Å². The van der Waals surface area contributed by atoms with E-state index in [-0.39, 0.29) is 16.6 Å². The normalized spacial score (nSPS) is 55.3. The summed E-state index contributed by atoms with van der Waals surface area (Å²) in [6.07, 6.45) is 9.02. The van der Waals surface area contributed by atoms with Gasteiger partial charge < -0.3 is 0 Å². The largest absolute Gasteiger partial charge is 0.298 e. The van der Waals surface area contributed by atoms with E-state index in [4.69, 9.17) is 23.2 Å². The molecule has 4 rings (SSSR count). The van der Waals surface area contributed by atoms with E-state index in [0.717, 1.165) is 32.1 Å². The quantitative estimate of drug-likeness (QED) is 0.599. The molecule has 7 atom stereocenters. The molecular formula is C19H24Cl2O2. The molecule has 0 radical (unpaired) electrons. The van der Waals surface area contributed by atoms with E-state index in [9.17, 15) is 9.59 Å². The third-order valence-electron chi connectivity index (χ3n) is 7.89. The van der Waals surface area contributed by atoms with Gasteiger partial charge in [0.15, 0.2) is 11.6 Å². The van der Waals surface area contributed by atoms with Crippen LogP contribution < -0.4 is 0 Å². The minimum atomic E-state index is -0.620. The highest BCUT2D eigenvalue weighted by Crippen LogP contribution is 2.67. The third-order valence-corrected chi connectivity index (χ3v) is 9.46. The lowest BCUT2D eigenvalue weighted by molar-refractivity contribution is -0.138. The van der Waals surface area contributed by atoms with Crippen molar-refractivity contribution in [3.8, 4) is 0 Å². The summed E-state index contributed by atoms with van der Waals surface area (Å²) in [6, 6.07) is 0. The Balaban J connectivity index is 1.73. The van der Waals surface area contributed by atoms with Gasteiger partial charge in [-0.2, -0.15) is 0 Å². The number of Topliss-reactive ketones (excluding diaryl/α,β-unsaturated/α-hetero) is 1. The van der Waals surface area contributed by atoms with Crippen LogP contribution in [-0.4, -0.2) is 21.8 Å². The fourth-order valence-corrected chi connectivity index (χ4v) is 7.23. The maximum Gasteiger partial charge on any atom is 0.161 e. The molecule has 0 N–H and O–H groups in total. The first kappa shape index (κ1) is 16.1. The van der Waals surface area contributed by atoms with Gasteiger partial charge in [0, 0.05) is 11.8 Å². The first-order valence-corrected chi connectivity index (χ1v) is 9.64. The van der Waals surface area contributed by atoms with Crippen LogP contribution in [0.2, 0.25) is 0 Å². The van der Waals surface area contributed by atoms with E-state index < -0.39 is 10.3 Å². The molecule has 2 unspecified atom stereocenters. The highest BCUT2D eigenvalue weighted by atomic mass is 35.5. The maximum absolute atomic E-state index is 12.3. The van der Waals surface area contributed by atoms with Crippen LogP contribution >= 0.6 is 23.2 Å². The Morgan fingerprint density at radius 3 is 2.61 bits per heavy atom. The van der Waals surface area contributed by atoms with Crippen molar-refractivity contribution in [2.75, 3.05) is 0 Å². The van der Waals surface area contributed by atoms with Gasteiger partial charge in [0.25, 0.3) is 0 Å². The van der Waals surface area contributed by atoms with Crippen molar-refractivity contribution in [3.63, 3.8) is 0 Å². The molecule has 0 heterocycles. The summed E-state index contributed by atoms with van der Waals surface area (Å²) in [5, 5.41) is -0.571. The monoisotopic (exact) mass is 354 g/mol. The maximum atomic E-state index is 12.3. The van der Waals surface area contributed by atoms with Gasteiger partial charge in [-0.25, -0.2) is 0 Å². The van der Waals surface area contributed by atoms with Gasteiger partial charge in [-0.1, -0.05) is 19.9 Å². The Labute approximate surface area is 148 Å². The molecular weight excluding hydrogens is 331 g/mol. The van der Waals surface area contributed by atoms with Gasteiger partial charge in [-0.3, -0.25) is 9.59 Å². The summed E-state index contributed by atoms with van der Waals surface area (Å²) in [5.41, 5.74) is -0.326. The number of hydrogen-bond donors (Lipinski definition) is 0. The third kappa shape index (κ3) is 1.83. The Morgan fingerprint density at radius 1 is 1.13 bits per heavy atom. The molecule has 0 amide bonds. The Hall–Kier alpha value is -0.340. The Morgan fingerprint density at radius 2 is 1.87 bits per heavy atom. The van der Waals surface area contributed by atoms with E-state index >= 15 is 0 Å². The first-order valence-electron chi connectivity index (χ1n) is 8.82. The second-order valence-electron chi connectivity index (χ2n) is 8.62. The standard InChI is InChI=1S/C19H24Cl2O2/c1-17-8-6-13-11(12(17)3-4-15(17)23)5-10-19(21)16(20)14(22)7-9-18(13,19)2/h3-4,11-13,16H,5-10H2,1-2H3/t11-,12-,13-,16?,17-,18+,19?/m0/s1. The van der Waals surface area contributed by atoms with E-state index in [1.807, 2.05) is 0 Å². The number of hydrogen-bond acceptors (Lipinski definition) is 2. The summed E-state index contributed by atoms with van der Waals surface area (Å²) in [5.74, 6) is 1.68. The number of ketones is 2. The Kier molecular flexibility index (Phi) is 3.40. The average Bonchev–Trinajstić information content (AvgIpc) is 2.82. The van der Waals surface area contributed by atoms with E-state index in [1.54, 1.807) is 6.08 Å². The molecule has 2 nitrogen and oxygen atoms in total. The van der Waals surface area contributed by atoms with Crippen molar-refractivity contribution in [3.05, 3.63) is 12.2 Å². The Bertz CT molecular complexity index is 614. The van der Waals surface area contributed by atoms with Crippen LogP contribution in [-0.2, 0) is 9.59 Å². The van der Waals surface area contributed by atoms with Crippen LogP contribution in [0.25, 0.3) is 0 Å². The van der Waals surface area contributed by atoms with Gasteiger partial charge in [-0.15, -0.1) is 23.2 Å². The van der Waals surface area contributed by atoms with Crippen molar-refractivity contribution in [2.45, 2.75) is 62.6 Å². The van der Waals surface area contributed by atoms with Gasteiger partial charge >= 0.3 is 0 Å². The summed E-state index contributed by atoms with van der Waals surface area (Å²) < 4.78 is 0. The first-order chi connectivity index (χ1) is 10.7. The molecule has 0 saturated heterocycles. The van der Waals surface area contributed by atoms with Crippen LogP contribution in [0.15, 0.2) is 12.2 Å². The number of fused-ring (bicyclic) bond motifs is 5. The number of rotatable bonds is 0. The molecule has 0 aromatic heterocycles. The summed E-state index contributed by atoms with van der Waals surface area (Å²) >= 11 is 13.6. The zero-order valence-electron chi connectivity index (χ0n) is 13.8. The molecule has 4 heteroatoms. The number of alkyl halides is 2. The zero-order chi connectivity index (χ0) is 16.6. The van der Waals surface area contributed by atoms with Gasteiger partial charge in [0.1, 0.15) is 5.38 Å². The number of halogens is 2. The van der Waals surface area contributed by atoms with E-state index in [0.29, 0.717) is 30.0 Å². The molecule has 0 aromatic carbocycles. The van der Waals surface area contributed by atoms with Crippen molar-refractivity contribution in [2.24, 2.45) is 28.6 Å². The topological polar surface area (TPSA) is 34.1 Å². The zero-order valence-corrected chi connectivity index (χ0v) is 15.3. The lowest BCUT2D eigenvalue weighted by atomic mass is 9.45. The fraction of sp³-hybridized carbons (Fsp3) is 0.789. The van der Waals surface area contributed by atoms with Crippen molar-refractivity contribution in [1.82, 2.24) is 0 Å². The van der Waals surface area contributed by atoms with Gasteiger partial charge in [-0.05, 0) is 61.3 Å². The second kappa shape index (κ2) is 4.85. The van der Waals surface area contributed by atoms with E-state index in [1.165, 1.54) is 0 Å². The van der Waals surface area contributed by atoms with Crippen LogP contribution in [0, 0.1) is 28.6 Å². The highest BCUT2D eigenvalue weighted by molar-refractivity contribution is 6.40. The summed E-state index contributed by atoms with van der Waals surface area (Å²) in [6.45, 7) is 4.39. The minimum Gasteiger partial charge on any atom is -0.298 e. The molecule has 23 heavy (non-hydrogen) atoms. The lowest BCUT2D eigenvalue weighted by Gasteiger charge is -2.63. The SMILES string of the molecule is C[C@]12CC[C@H]3[C@@H](CCC4(Cl)C(Cl)C(=O)CC[C@]34C)[C@@H]1C=CC2=O. The van der Waals surface area contributed by atoms with Crippen molar-refractivity contribution in [1.29, 1.82) is 0 Å². The van der Waals surface area contributed by atoms with Gasteiger partial charge in [0.2, 0.25) is 0 Å². The fourth-order valence-electron chi connectivity index (χ4n) is 6.30. The summed E-state index contributed by atoms with van der Waals surface area (Å²) in [7, 11) is 0. The smallest absolute Gasteiger partial charge is 0.161 e. The van der Waals surface area contributed by atoms with Crippen LogP contribution in [0.3, 0.4) is 0 Å². The molecule has 0 bridgehead atoms. The molecule has 3 saturated carbocycles. The molecule has 4 aliphatic carbocycles. The van der Waals surface area contributed by atoms with Crippen LogP contribution in [0.5, 0.6) is 0 Å². The number of allylic oxidation sites excluding steroid dienone is 2. The second-order valence-corrected chi connectivity index (χ2v) is 9.73. The predicted octanol–water partition coefficient (Wildman–Crippen LogP) is 4.52. The predicted molar refractivity (Wildman–Crippen MR) is 91.8 cm³/mol. The number of carbonyl (C=O) groups is 2. The lowest BCUT2D eigenvalue weighted by Crippen LogP contribution is -2.64. The van der Waals surface area contributed by atoms with E-state index in [2.05, 4.69) is 19.9 Å². The molecule has 126 valence electrons. The molecule has 0 spiro atoms. The molecule has 3 fully saturated rings. The molecule has 0 aromatic rings.